The van der Waals surface area contributed by atoms with E-state index in [0.717, 1.165) is 30.8 Å². The summed E-state index contributed by atoms with van der Waals surface area (Å²) in [7, 11) is 0. The van der Waals surface area contributed by atoms with Crippen molar-refractivity contribution in [2.75, 3.05) is 11.9 Å². The lowest BCUT2D eigenvalue weighted by atomic mass is 10.1. The van der Waals surface area contributed by atoms with E-state index in [1.807, 2.05) is 12.1 Å². The second kappa shape index (κ2) is 5.52. The summed E-state index contributed by atoms with van der Waals surface area (Å²) >= 11 is 0. The molecule has 2 aromatic carbocycles. The van der Waals surface area contributed by atoms with E-state index in [1.54, 1.807) is 6.07 Å². The van der Waals surface area contributed by atoms with E-state index in [9.17, 15) is 13.6 Å². The molecule has 5 heteroatoms. The van der Waals surface area contributed by atoms with Crippen molar-refractivity contribution < 1.29 is 13.6 Å². The van der Waals surface area contributed by atoms with Gasteiger partial charge in [-0.05, 0) is 41.8 Å². The smallest absolute Gasteiger partial charge is 0.251 e. The lowest BCUT2D eigenvalue weighted by molar-refractivity contribution is 0.0951. The number of carbonyl (C=O) groups is 1. The average Bonchev–Trinajstić information content (AvgIpc) is 2.95. The van der Waals surface area contributed by atoms with Gasteiger partial charge in [0, 0.05) is 24.3 Å². The fourth-order valence-electron chi connectivity index (χ4n) is 2.37. The van der Waals surface area contributed by atoms with Crippen molar-refractivity contribution in [2.24, 2.45) is 0 Å². The number of hydrogen-bond acceptors (Lipinski definition) is 2. The minimum absolute atomic E-state index is 0.153. The van der Waals surface area contributed by atoms with Crippen LogP contribution in [0.15, 0.2) is 36.4 Å². The average molecular weight is 288 g/mol. The Morgan fingerprint density at radius 3 is 2.81 bits per heavy atom. The van der Waals surface area contributed by atoms with Crippen LogP contribution >= 0.6 is 0 Å². The largest absolute Gasteiger partial charge is 0.384 e. The molecule has 0 unspecified atom stereocenters. The predicted octanol–water partition coefficient (Wildman–Crippen LogP) is 2.86. The number of benzene rings is 2. The highest BCUT2D eigenvalue weighted by Crippen LogP contribution is 2.23. The third-order valence-electron chi connectivity index (χ3n) is 3.52. The van der Waals surface area contributed by atoms with Crippen LogP contribution in [0.25, 0.3) is 0 Å². The summed E-state index contributed by atoms with van der Waals surface area (Å²) in [5.41, 5.74) is 3.25. The SMILES string of the molecule is O=C(NCc1ccc(F)c(F)c1)c1ccc2c(c1)NCC2. The minimum Gasteiger partial charge on any atom is -0.384 e. The molecule has 0 atom stereocenters. The maximum Gasteiger partial charge on any atom is 0.251 e. The summed E-state index contributed by atoms with van der Waals surface area (Å²) in [6, 6.07) is 9.09. The van der Waals surface area contributed by atoms with E-state index in [2.05, 4.69) is 10.6 Å². The number of carbonyl (C=O) groups excluding carboxylic acids is 1. The van der Waals surface area contributed by atoms with Crippen LogP contribution in [0.2, 0.25) is 0 Å². The first-order valence-electron chi connectivity index (χ1n) is 6.72. The van der Waals surface area contributed by atoms with E-state index < -0.39 is 11.6 Å². The van der Waals surface area contributed by atoms with E-state index in [4.69, 9.17) is 0 Å². The maximum atomic E-state index is 13.1. The van der Waals surface area contributed by atoms with Gasteiger partial charge in [-0.2, -0.15) is 0 Å². The quantitative estimate of drug-likeness (QED) is 0.912. The Morgan fingerprint density at radius 2 is 2.00 bits per heavy atom. The van der Waals surface area contributed by atoms with Gasteiger partial charge in [-0.1, -0.05) is 12.1 Å². The van der Waals surface area contributed by atoms with Crippen LogP contribution in [0.1, 0.15) is 21.5 Å². The molecule has 108 valence electrons. The van der Waals surface area contributed by atoms with Crippen molar-refractivity contribution in [3.63, 3.8) is 0 Å². The lowest BCUT2D eigenvalue weighted by Crippen LogP contribution is -2.22. The van der Waals surface area contributed by atoms with Crippen molar-refractivity contribution in [1.29, 1.82) is 0 Å². The van der Waals surface area contributed by atoms with Gasteiger partial charge in [-0.25, -0.2) is 8.78 Å². The molecule has 0 bridgehead atoms. The summed E-state index contributed by atoms with van der Waals surface area (Å²) in [6.07, 6.45) is 0.964. The number of halogens is 2. The van der Waals surface area contributed by atoms with Gasteiger partial charge in [-0.15, -0.1) is 0 Å². The minimum atomic E-state index is -0.913. The number of anilines is 1. The summed E-state index contributed by atoms with van der Waals surface area (Å²) < 4.78 is 25.9. The molecule has 1 heterocycles. The number of rotatable bonds is 3. The highest BCUT2D eigenvalue weighted by atomic mass is 19.2. The second-order valence-electron chi connectivity index (χ2n) is 4.98. The Bertz CT molecular complexity index is 701. The molecule has 3 rings (SSSR count). The first-order chi connectivity index (χ1) is 10.1. The molecule has 0 spiro atoms. The lowest BCUT2D eigenvalue weighted by Gasteiger charge is -2.07. The zero-order valence-corrected chi connectivity index (χ0v) is 11.2. The standard InChI is InChI=1S/C16H14F2N2O/c17-13-4-1-10(7-14(13)18)9-20-16(21)12-3-2-11-5-6-19-15(11)8-12/h1-4,7-8,19H,5-6,9H2,(H,20,21). The Morgan fingerprint density at radius 1 is 1.14 bits per heavy atom. The highest BCUT2D eigenvalue weighted by molar-refractivity contribution is 5.95. The van der Waals surface area contributed by atoms with Crippen LogP contribution in [0.4, 0.5) is 14.5 Å². The molecule has 0 fully saturated rings. The number of hydrogen-bond donors (Lipinski definition) is 2. The molecule has 3 nitrogen and oxygen atoms in total. The summed E-state index contributed by atoms with van der Waals surface area (Å²) in [6.45, 7) is 1.04. The molecule has 0 aromatic heterocycles. The van der Waals surface area contributed by atoms with E-state index in [1.165, 1.54) is 11.6 Å². The second-order valence-corrected chi connectivity index (χ2v) is 4.98. The van der Waals surface area contributed by atoms with Gasteiger partial charge in [0.15, 0.2) is 11.6 Å². The van der Waals surface area contributed by atoms with Gasteiger partial charge >= 0.3 is 0 Å². The number of nitrogens with one attached hydrogen (secondary N) is 2. The van der Waals surface area contributed by atoms with Gasteiger partial charge in [0.2, 0.25) is 0 Å². The highest BCUT2D eigenvalue weighted by Gasteiger charge is 2.13. The molecule has 0 saturated heterocycles. The fraction of sp³-hybridized carbons (Fsp3) is 0.188. The molecule has 0 aliphatic carbocycles. The number of fused-ring (bicyclic) bond motifs is 1. The first-order valence-corrected chi connectivity index (χ1v) is 6.72. The predicted molar refractivity (Wildman–Crippen MR) is 76.2 cm³/mol. The van der Waals surface area contributed by atoms with Crippen LogP contribution < -0.4 is 10.6 Å². The molecule has 1 aliphatic heterocycles. The van der Waals surface area contributed by atoms with Crippen molar-refractivity contribution in [2.45, 2.75) is 13.0 Å². The van der Waals surface area contributed by atoms with E-state index >= 15 is 0 Å². The summed E-state index contributed by atoms with van der Waals surface area (Å²) in [5.74, 6) is -2.05. The fourth-order valence-corrected chi connectivity index (χ4v) is 2.37. The molecule has 1 amide bonds. The van der Waals surface area contributed by atoms with Crippen LogP contribution in [-0.2, 0) is 13.0 Å². The summed E-state index contributed by atoms with van der Waals surface area (Å²) in [5, 5.41) is 5.91. The van der Waals surface area contributed by atoms with Gasteiger partial charge in [0.05, 0.1) is 0 Å². The van der Waals surface area contributed by atoms with Crippen molar-refractivity contribution >= 4 is 11.6 Å². The monoisotopic (exact) mass is 288 g/mol. The van der Waals surface area contributed by atoms with Crippen LogP contribution in [-0.4, -0.2) is 12.5 Å². The van der Waals surface area contributed by atoms with Gasteiger partial charge < -0.3 is 10.6 Å². The zero-order valence-electron chi connectivity index (χ0n) is 11.2. The van der Waals surface area contributed by atoms with Crippen molar-refractivity contribution in [3.8, 4) is 0 Å². The van der Waals surface area contributed by atoms with E-state index in [-0.39, 0.29) is 12.5 Å². The van der Waals surface area contributed by atoms with Crippen LogP contribution in [0.3, 0.4) is 0 Å². The van der Waals surface area contributed by atoms with Crippen molar-refractivity contribution in [3.05, 3.63) is 64.7 Å². The molecule has 2 aromatic rings. The van der Waals surface area contributed by atoms with Crippen molar-refractivity contribution in [1.82, 2.24) is 5.32 Å². The Kier molecular flexibility index (Phi) is 3.56. The number of amides is 1. The van der Waals surface area contributed by atoms with Gasteiger partial charge in [0.25, 0.3) is 5.91 Å². The Labute approximate surface area is 121 Å². The topological polar surface area (TPSA) is 41.1 Å². The molecule has 21 heavy (non-hydrogen) atoms. The van der Waals surface area contributed by atoms with Crippen LogP contribution in [0.5, 0.6) is 0 Å². The van der Waals surface area contributed by atoms with E-state index in [0.29, 0.717) is 11.1 Å². The molecule has 2 N–H and O–H groups in total. The Balaban J connectivity index is 1.67. The first kappa shape index (κ1) is 13.5. The zero-order chi connectivity index (χ0) is 14.8. The normalized spacial score (nSPS) is 12.7. The molecular weight excluding hydrogens is 274 g/mol. The molecule has 0 radical (unpaired) electrons. The third-order valence-corrected chi connectivity index (χ3v) is 3.52. The molecular formula is C16H14F2N2O. The Hall–Kier alpha value is -2.43. The molecule has 0 saturated carbocycles. The van der Waals surface area contributed by atoms with Crippen LogP contribution in [0, 0.1) is 11.6 Å². The summed E-state index contributed by atoms with van der Waals surface area (Å²) in [4.78, 5) is 12.1. The van der Waals surface area contributed by atoms with Gasteiger partial charge in [0.1, 0.15) is 0 Å². The third kappa shape index (κ3) is 2.86. The van der Waals surface area contributed by atoms with Gasteiger partial charge in [-0.3, -0.25) is 4.79 Å². The maximum absolute atomic E-state index is 13.1. The molecule has 1 aliphatic rings.